The molecule has 1 saturated heterocycles. The number of benzene rings is 1. The molecule has 1 aliphatic rings. The Morgan fingerprint density at radius 2 is 2.11 bits per heavy atom. The minimum atomic E-state index is -0.614. The number of thioether (sulfide) groups is 1. The Morgan fingerprint density at radius 1 is 1.32 bits per heavy atom. The first kappa shape index (κ1) is 19.0. The maximum Gasteiger partial charge on any atom is 0.331 e. The van der Waals surface area contributed by atoms with E-state index in [9.17, 15) is 9.59 Å². The van der Waals surface area contributed by atoms with Crippen molar-refractivity contribution in [3.63, 3.8) is 0 Å². The van der Waals surface area contributed by atoms with Crippen molar-refractivity contribution in [3.05, 3.63) is 64.7 Å². The van der Waals surface area contributed by atoms with Crippen LogP contribution < -0.4 is 5.32 Å². The van der Waals surface area contributed by atoms with Crippen molar-refractivity contribution in [2.75, 3.05) is 7.11 Å². The van der Waals surface area contributed by atoms with Gasteiger partial charge in [0.15, 0.2) is 5.17 Å². The van der Waals surface area contributed by atoms with E-state index in [1.165, 1.54) is 13.3 Å². The molecule has 1 N–H and O–H groups in total. The summed E-state index contributed by atoms with van der Waals surface area (Å²) in [5.41, 5.74) is 2.92. The van der Waals surface area contributed by atoms with Gasteiger partial charge in [0.2, 0.25) is 0 Å². The molecule has 2 aromatic rings. The third-order valence-corrected chi connectivity index (χ3v) is 4.45. The molecule has 1 amide bonds. The van der Waals surface area contributed by atoms with E-state index in [-0.39, 0.29) is 10.1 Å². The van der Waals surface area contributed by atoms with Crippen molar-refractivity contribution >= 4 is 35.0 Å². The molecule has 0 atom stereocenters. The smallest absolute Gasteiger partial charge is 0.331 e. The predicted octanol–water partition coefficient (Wildman–Crippen LogP) is 2.23. The van der Waals surface area contributed by atoms with E-state index in [4.69, 9.17) is 5.26 Å². The lowest BCUT2D eigenvalue weighted by Gasteiger charge is -2.01. The predicted molar refractivity (Wildman–Crippen MR) is 105 cm³/mol. The summed E-state index contributed by atoms with van der Waals surface area (Å²) in [5, 5.41) is 19.6. The van der Waals surface area contributed by atoms with Crippen LogP contribution in [0.15, 0.2) is 63.8 Å². The fourth-order valence-corrected chi connectivity index (χ4v) is 2.93. The maximum absolute atomic E-state index is 11.7. The molecule has 138 valence electrons. The van der Waals surface area contributed by atoms with E-state index < -0.39 is 11.9 Å². The Bertz CT molecular complexity index is 1050. The van der Waals surface area contributed by atoms with Gasteiger partial charge in [0.1, 0.15) is 0 Å². The van der Waals surface area contributed by atoms with Crippen molar-refractivity contribution in [1.82, 2.24) is 10.3 Å². The Balaban J connectivity index is 1.67. The Hall–Kier alpha value is -3.77. The molecule has 1 aromatic heterocycles. The van der Waals surface area contributed by atoms with Crippen LogP contribution in [0, 0.1) is 11.3 Å². The number of carbonyl (C=O) groups excluding carboxylic acids is 2. The van der Waals surface area contributed by atoms with Gasteiger partial charge < -0.3 is 4.74 Å². The van der Waals surface area contributed by atoms with E-state index >= 15 is 0 Å². The summed E-state index contributed by atoms with van der Waals surface area (Å²) in [6.07, 6.45) is 4.22. The molecule has 1 fully saturated rings. The molecule has 2 heterocycles. The number of rotatable bonds is 4. The SMILES string of the molecule is COC(=O)/C=C1/S/C(=N\N=Cc2ccc(-c3cc(C#N)ccn3)cc2)NC1=O. The second-order valence-corrected chi connectivity index (χ2v) is 6.43. The van der Waals surface area contributed by atoms with Crippen LogP contribution in [0.2, 0.25) is 0 Å². The van der Waals surface area contributed by atoms with Crippen molar-refractivity contribution in [1.29, 1.82) is 5.26 Å². The van der Waals surface area contributed by atoms with Crippen LogP contribution in [0.3, 0.4) is 0 Å². The molecule has 8 nitrogen and oxygen atoms in total. The van der Waals surface area contributed by atoms with E-state index in [1.54, 1.807) is 18.3 Å². The molecule has 1 aromatic carbocycles. The number of amidine groups is 1. The molecule has 9 heteroatoms. The summed E-state index contributed by atoms with van der Waals surface area (Å²) in [6, 6.07) is 12.8. The van der Waals surface area contributed by atoms with Crippen LogP contribution >= 0.6 is 11.8 Å². The van der Waals surface area contributed by atoms with E-state index in [2.05, 4.69) is 31.3 Å². The standard InChI is InChI=1S/C19H13N5O3S/c1-27-17(25)9-16-18(26)23-19(28-16)24-22-11-12-2-4-14(5-3-12)15-8-13(10-20)6-7-21-15/h2-9,11H,1H3,(H,23,24,26)/b16-9+,22-11?. The second-order valence-electron chi connectivity index (χ2n) is 5.40. The van der Waals surface area contributed by atoms with Gasteiger partial charge in [-0.15, -0.1) is 5.10 Å². The molecule has 0 spiro atoms. The normalized spacial score (nSPS) is 16.4. The first-order valence-electron chi connectivity index (χ1n) is 7.95. The number of methoxy groups -OCH3 is 1. The van der Waals surface area contributed by atoms with Crippen LogP contribution in [0.5, 0.6) is 0 Å². The number of esters is 1. The zero-order chi connectivity index (χ0) is 19.9. The number of pyridine rings is 1. The highest BCUT2D eigenvalue weighted by atomic mass is 32.2. The van der Waals surface area contributed by atoms with Crippen LogP contribution in [0.25, 0.3) is 11.3 Å². The van der Waals surface area contributed by atoms with Gasteiger partial charge in [0.05, 0.1) is 35.6 Å². The van der Waals surface area contributed by atoms with Crippen LogP contribution in [-0.2, 0) is 14.3 Å². The van der Waals surface area contributed by atoms with Crippen LogP contribution in [0.1, 0.15) is 11.1 Å². The number of nitrogens with one attached hydrogen (secondary N) is 1. The summed E-state index contributed by atoms with van der Waals surface area (Å²) in [7, 11) is 1.23. The molecular weight excluding hydrogens is 378 g/mol. The highest BCUT2D eigenvalue weighted by Gasteiger charge is 2.24. The first-order valence-corrected chi connectivity index (χ1v) is 8.77. The molecule has 1 aliphatic heterocycles. The first-order chi connectivity index (χ1) is 13.6. The van der Waals surface area contributed by atoms with Crippen LogP contribution in [0.4, 0.5) is 0 Å². The number of amides is 1. The minimum absolute atomic E-state index is 0.192. The third kappa shape index (κ3) is 4.69. The van der Waals surface area contributed by atoms with Gasteiger partial charge in [0.25, 0.3) is 5.91 Å². The number of hydrogen-bond donors (Lipinski definition) is 1. The number of ether oxygens (including phenoxy) is 1. The van der Waals surface area contributed by atoms with Gasteiger partial charge in [-0.2, -0.15) is 10.4 Å². The van der Waals surface area contributed by atoms with Gasteiger partial charge in [-0.3, -0.25) is 15.1 Å². The number of carbonyl (C=O) groups is 2. The molecular formula is C19H13N5O3S. The fraction of sp³-hybridized carbons (Fsp3) is 0.0526. The summed E-state index contributed by atoms with van der Waals surface area (Å²) in [4.78, 5) is 27.4. The molecule has 0 radical (unpaired) electrons. The average Bonchev–Trinajstić information content (AvgIpc) is 3.07. The van der Waals surface area contributed by atoms with E-state index in [0.29, 0.717) is 11.3 Å². The summed E-state index contributed by atoms with van der Waals surface area (Å²) >= 11 is 1.00. The maximum atomic E-state index is 11.7. The van der Waals surface area contributed by atoms with Crippen molar-refractivity contribution < 1.29 is 14.3 Å². The lowest BCUT2D eigenvalue weighted by molar-refractivity contribution is -0.135. The van der Waals surface area contributed by atoms with Gasteiger partial charge in [-0.05, 0) is 29.5 Å². The van der Waals surface area contributed by atoms with Gasteiger partial charge in [0, 0.05) is 17.8 Å². The van der Waals surface area contributed by atoms with Crippen molar-refractivity contribution in [2.24, 2.45) is 10.2 Å². The summed E-state index contributed by atoms with van der Waals surface area (Å²) < 4.78 is 4.49. The Labute approximate surface area is 164 Å². The van der Waals surface area contributed by atoms with Gasteiger partial charge in [-0.25, -0.2) is 4.79 Å². The molecule has 0 saturated carbocycles. The zero-order valence-electron chi connectivity index (χ0n) is 14.6. The topological polar surface area (TPSA) is 117 Å². The minimum Gasteiger partial charge on any atom is -0.466 e. The largest absolute Gasteiger partial charge is 0.466 e. The molecule has 0 aliphatic carbocycles. The average molecular weight is 391 g/mol. The van der Waals surface area contributed by atoms with Gasteiger partial charge in [-0.1, -0.05) is 24.3 Å². The lowest BCUT2D eigenvalue weighted by Crippen LogP contribution is -2.19. The fourth-order valence-electron chi connectivity index (χ4n) is 2.19. The van der Waals surface area contributed by atoms with E-state index in [0.717, 1.165) is 29.0 Å². The zero-order valence-corrected chi connectivity index (χ0v) is 15.4. The summed E-state index contributed by atoms with van der Waals surface area (Å²) in [5.74, 6) is -1.04. The number of nitriles is 1. The number of aromatic nitrogens is 1. The molecule has 0 unspecified atom stereocenters. The second kappa shape index (κ2) is 8.75. The van der Waals surface area contributed by atoms with Crippen molar-refractivity contribution in [2.45, 2.75) is 0 Å². The Kier molecular flexibility index (Phi) is 5.94. The third-order valence-electron chi connectivity index (χ3n) is 3.55. The molecule has 3 rings (SSSR count). The van der Waals surface area contributed by atoms with Crippen molar-refractivity contribution in [3.8, 4) is 17.3 Å². The monoisotopic (exact) mass is 391 g/mol. The highest BCUT2D eigenvalue weighted by molar-refractivity contribution is 8.18. The highest BCUT2D eigenvalue weighted by Crippen LogP contribution is 2.23. The van der Waals surface area contributed by atoms with E-state index in [1.807, 2.05) is 24.3 Å². The Morgan fingerprint density at radius 3 is 2.82 bits per heavy atom. The number of nitrogens with zero attached hydrogens (tertiary/aromatic N) is 4. The quantitative estimate of drug-likeness (QED) is 0.370. The summed E-state index contributed by atoms with van der Waals surface area (Å²) in [6.45, 7) is 0. The molecule has 0 bridgehead atoms. The number of hydrogen-bond acceptors (Lipinski definition) is 8. The molecule has 28 heavy (non-hydrogen) atoms. The lowest BCUT2D eigenvalue weighted by atomic mass is 10.1. The van der Waals surface area contributed by atoms with Gasteiger partial charge >= 0.3 is 5.97 Å². The van der Waals surface area contributed by atoms with Crippen LogP contribution in [-0.4, -0.2) is 35.4 Å².